The van der Waals surface area contributed by atoms with E-state index < -0.39 is 0 Å². The van der Waals surface area contributed by atoms with Crippen molar-refractivity contribution in [2.45, 2.75) is 72.6 Å². The number of unbranched alkanes of at least 4 members (excludes halogenated alkanes) is 2. The van der Waals surface area contributed by atoms with Gasteiger partial charge >= 0.3 is 5.97 Å². The Morgan fingerprint density at radius 2 is 1.61 bits per heavy atom. The zero-order valence-corrected chi connectivity index (χ0v) is 18.6. The molecule has 28 heavy (non-hydrogen) atoms. The number of ether oxygens (including phenoxy) is 1. The summed E-state index contributed by atoms with van der Waals surface area (Å²) in [7, 11) is 1.45. The SMILES string of the molecule is CCCCC[C@@H](C)/C=C/c1ccccc1/C=C/[C@@H](C)[C@@H](C)CCCC(=O)OC. The van der Waals surface area contributed by atoms with E-state index in [2.05, 4.69) is 76.3 Å². The molecule has 0 aliphatic heterocycles. The van der Waals surface area contributed by atoms with E-state index in [1.54, 1.807) is 0 Å². The maximum Gasteiger partial charge on any atom is 0.305 e. The zero-order chi connectivity index (χ0) is 20.8. The highest BCUT2D eigenvalue weighted by atomic mass is 16.5. The molecule has 0 saturated heterocycles. The van der Waals surface area contributed by atoms with Gasteiger partial charge in [-0.25, -0.2) is 0 Å². The molecule has 0 bridgehead atoms. The third-order valence-corrected chi connectivity index (χ3v) is 5.61. The molecule has 0 N–H and O–H groups in total. The van der Waals surface area contributed by atoms with E-state index in [0.29, 0.717) is 24.2 Å². The number of benzene rings is 1. The standard InChI is InChI=1S/C26H40O2/c1-6-7-8-12-21(2)17-19-24-14-9-10-15-25(24)20-18-23(4)22(3)13-11-16-26(27)28-5/h9-10,14-15,17-23H,6-8,11-13,16H2,1-5H3/b19-17+,20-18+/t21-,22+,23-/m1/s1. The summed E-state index contributed by atoms with van der Waals surface area (Å²) in [6, 6.07) is 8.59. The predicted molar refractivity (Wildman–Crippen MR) is 122 cm³/mol. The first-order valence-electron chi connectivity index (χ1n) is 11.0. The molecule has 0 saturated carbocycles. The third kappa shape index (κ3) is 9.92. The molecule has 2 nitrogen and oxygen atoms in total. The monoisotopic (exact) mass is 384 g/mol. The molecule has 0 aliphatic rings. The van der Waals surface area contributed by atoms with E-state index in [4.69, 9.17) is 4.74 Å². The third-order valence-electron chi connectivity index (χ3n) is 5.61. The Morgan fingerprint density at radius 3 is 2.21 bits per heavy atom. The molecule has 0 spiro atoms. The van der Waals surface area contributed by atoms with Crippen molar-refractivity contribution >= 4 is 18.1 Å². The fourth-order valence-electron chi connectivity index (χ4n) is 3.27. The molecular formula is C26H40O2. The average molecular weight is 385 g/mol. The highest BCUT2D eigenvalue weighted by Gasteiger charge is 2.10. The van der Waals surface area contributed by atoms with Crippen molar-refractivity contribution in [3.8, 4) is 0 Å². The van der Waals surface area contributed by atoms with Gasteiger partial charge < -0.3 is 4.74 Å². The quantitative estimate of drug-likeness (QED) is 0.259. The Morgan fingerprint density at radius 1 is 0.964 bits per heavy atom. The molecule has 0 fully saturated rings. The van der Waals surface area contributed by atoms with Crippen molar-refractivity contribution < 1.29 is 9.53 Å². The van der Waals surface area contributed by atoms with Gasteiger partial charge in [0.2, 0.25) is 0 Å². The smallest absolute Gasteiger partial charge is 0.305 e. The number of methoxy groups -OCH3 is 1. The van der Waals surface area contributed by atoms with Crippen LogP contribution in [0.15, 0.2) is 36.4 Å². The van der Waals surface area contributed by atoms with Crippen LogP contribution in [0.5, 0.6) is 0 Å². The maximum atomic E-state index is 11.3. The van der Waals surface area contributed by atoms with Crippen molar-refractivity contribution in [2.24, 2.45) is 17.8 Å². The number of carbonyl (C=O) groups excluding carboxylic acids is 1. The van der Waals surface area contributed by atoms with E-state index >= 15 is 0 Å². The average Bonchev–Trinajstić information content (AvgIpc) is 2.70. The highest BCUT2D eigenvalue weighted by Crippen LogP contribution is 2.22. The topological polar surface area (TPSA) is 26.3 Å². The Bertz CT molecular complexity index is 615. The first kappa shape index (κ1) is 24.2. The molecule has 1 aromatic carbocycles. The van der Waals surface area contributed by atoms with Gasteiger partial charge in [0.25, 0.3) is 0 Å². The second kappa shape index (κ2) is 14.2. The molecule has 1 rings (SSSR count). The van der Waals surface area contributed by atoms with Crippen LogP contribution >= 0.6 is 0 Å². The molecule has 0 heterocycles. The van der Waals surface area contributed by atoms with Gasteiger partial charge in [0, 0.05) is 6.42 Å². The first-order chi connectivity index (χ1) is 13.5. The van der Waals surface area contributed by atoms with Gasteiger partial charge in [0.15, 0.2) is 0 Å². The maximum absolute atomic E-state index is 11.3. The number of hydrogen-bond acceptors (Lipinski definition) is 2. The van der Waals surface area contributed by atoms with E-state index in [-0.39, 0.29) is 5.97 Å². The Balaban J connectivity index is 2.62. The number of carbonyl (C=O) groups is 1. The van der Waals surface area contributed by atoms with Crippen molar-refractivity contribution in [2.75, 3.05) is 7.11 Å². The summed E-state index contributed by atoms with van der Waals surface area (Å²) in [5.74, 6) is 1.53. The van der Waals surface area contributed by atoms with Crippen LogP contribution < -0.4 is 0 Å². The van der Waals surface area contributed by atoms with E-state index in [0.717, 1.165) is 12.8 Å². The lowest BCUT2D eigenvalue weighted by Crippen LogP contribution is -2.07. The fraction of sp³-hybridized carbons (Fsp3) is 0.577. The Hall–Kier alpha value is -1.83. The number of esters is 1. The van der Waals surface area contributed by atoms with Crippen LogP contribution in [-0.4, -0.2) is 13.1 Å². The van der Waals surface area contributed by atoms with Gasteiger partial charge in [-0.05, 0) is 48.1 Å². The first-order valence-corrected chi connectivity index (χ1v) is 11.0. The van der Waals surface area contributed by atoms with Gasteiger partial charge in [-0.1, -0.05) is 95.5 Å². The molecule has 156 valence electrons. The second-order valence-electron chi connectivity index (χ2n) is 8.12. The summed E-state index contributed by atoms with van der Waals surface area (Å²) >= 11 is 0. The van der Waals surface area contributed by atoms with Gasteiger partial charge in [-0.2, -0.15) is 0 Å². The van der Waals surface area contributed by atoms with Crippen LogP contribution in [0.2, 0.25) is 0 Å². The molecule has 2 heteroatoms. The van der Waals surface area contributed by atoms with Crippen LogP contribution in [0, 0.1) is 17.8 Å². The second-order valence-corrected chi connectivity index (χ2v) is 8.12. The lowest BCUT2D eigenvalue weighted by Gasteiger charge is -2.16. The Labute approximate surface area is 173 Å². The zero-order valence-electron chi connectivity index (χ0n) is 18.6. The minimum Gasteiger partial charge on any atom is -0.469 e. The molecule has 3 atom stereocenters. The van der Waals surface area contributed by atoms with Crippen LogP contribution in [0.25, 0.3) is 12.2 Å². The van der Waals surface area contributed by atoms with Gasteiger partial charge in [0.1, 0.15) is 0 Å². The van der Waals surface area contributed by atoms with Crippen molar-refractivity contribution in [1.29, 1.82) is 0 Å². The van der Waals surface area contributed by atoms with Crippen molar-refractivity contribution in [1.82, 2.24) is 0 Å². The lowest BCUT2D eigenvalue weighted by atomic mass is 9.90. The summed E-state index contributed by atoms with van der Waals surface area (Å²) in [5, 5.41) is 0. The predicted octanol–water partition coefficient (Wildman–Crippen LogP) is 7.54. The number of allylic oxidation sites excluding steroid dienone is 2. The number of hydrogen-bond donors (Lipinski definition) is 0. The summed E-state index contributed by atoms with van der Waals surface area (Å²) in [6.07, 6.45) is 16.8. The lowest BCUT2D eigenvalue weighted by molar-refractivity contribution is -0.140. The van der Waals surface area contributed by atoms with Crippen LogP contribution in [0.1, 0.15) is 83.8 Å². The van der Waals surface area contributed by atoms with Crippen molar-refractivity contribution in [3.63, 3.8) is 0 Å². The minimum atomic E-state index is -0.111. The van der Waals surface area contributed by atoms with Crippen LogP contribution in [0.3, 0.4) is 0 Å². The minimum absolute atomic E-state index is 0.111. The van der Waals surface area contributed by atoms with Crippen molar-refractivity contribution in [3.05, 3.63) is 47.5 Å². The fourth-order valence-corrected chi connectivity index (χ4v) is 3.27. The Kier molecular flexibility index (Phi) is 12.3. The normalized spacial score (nSPS) is 15.0. The molecule has 0 unspecified atom stereocenters. The molecule has 1 aromatic rings. The summed E-state index contributed by atoms with van der Waals surface area (Å²) in [4.78, 5) is 11.3. The van der Waals surface area contributed by atoms with Gasteiger partial charge in [-0.3, -0.25) is 4.79 Å². The molecule has 0 radical (unpaired) electrons. The summed E-state index contributed by atoms with van der Waals surface area (Å²) in [5.41, 5.74) is 2.56. The molecule has 0 amide bonds. The largest absolute Gasteiger partial charge is 0.469 e. The van der Waals surface area contributed by atoms with Gasteiger partial charge in [0.05, 0.1) is 7.11 Å². The van der Waals surface area contributed by atoms with Crippen LogP contribution in [-0.2, 0) is 9.53 Å². The number of rotatable bonds is 13. The summed E-state index contributed by atoms with van der Waals surface area (Å²) < 4.78 is 4.72. The van der Waals surface area contributed by atoms with E-state index in [9.17, 15) is 4.79 Å². The molecular weight excluding hydrogens is 344 g/mol. The van der Waals surface area contributed by atoms with E-state index in [1.807, 2.05) is 0 Å². The van der Waals surface area contributed by atoms with Gasteiger partial charge in [-0.15, -0.1) is 0 Å². The highest BCUT2D eigenvalue weighted by molar-refractivity contribution is 5.69. The molecule has 0 aromatic heterocycles. The van der Waals surface area contributed by atoms with Crippen LogP contribution in [0.4, 0.5) is 0 Å². The van der Waals surface area contributed by atoms with E-state index in [1.165, 1.54) is 43.9 Å². The summed E-state index contributed by atoms with van der Waals surface area (Å²) in [6.45, 7) is 9.08. The molecule has 0 aliphatic carbocycles.